The monoisotopic (exact) mass is 442 g/mol. The second-order valence-corrected chi connectivity index (χ2v) is 8.51. The molecule has 31 heavy (non-hydrogen) atoms. The Labute approximate surface area is 183 Å². The summed E-state index contributed by atoms with van der Waals surface area (Å²) >= 11 is 1.61. The predicted octanol–water partition coefficient (Wildman–Crippen LogP) is 1.87. The minimum Gasteiger partial charge on any atom is -0.355 e. The number of benzene rings is 1. The second kappa shape index (κ2) is 9.51. The van der Waals surface area contributed by atoms with Crippen LogP contribution in [-0.4, -0.2) is 43.0 Å². The standard InChI is InChI=1S/C21H26N6O3S/c1-31-21-25-24-17(27(21)14-7-2-3-8-14)11-6-12-22-18(28)13-26-19(29)15-9-4-5-10-16(15)23-20(26)30/h4-5,9-10,14H,2-3,6-8,11-13H2,1H3,(H,22,28)(H,23,30). The van der Waals surface area contributed by atoms with Gasteiger partial charge in [0.25, 0.3) is 5.56 Å². The lowest BCUT2D eigenvalue weighted by Crippen LogP contribution is -2.40. The summed E-state index contributed by atoms with van der Waals surface area (Å²) < 4.78 is 3.19. The van der Waals surface area contributed by atoms with Crippen molar-refractivity contribution < 1.29 is 4.79 Å². The summed E-state index contributed by atoms with van der Waals surface area (Å²) in [7, 11) is 0. The number of aromatic nitrogens is 5. The van der Waals surface area contributed by atoms with Crippen LogP contribution in [0.3, 0.4) is 0 Å². The molecule has 2 heterocycles. The number of fused-ring (bicyclic) bond motifs is 1. The molecule has 0 radical (unpaired) electrons. The first-order chi connectivity index (χ1) is 15.1. The molecule has 1 saturated carbocycles. The van der Waals surface area contributed by atoms with Crippen LogP contribution in [0.4, 0.5) is 0 Å². The molecule has 9 nitrogen and oxygen atoms in total. The highest BCUT2D eigenvalue weighted by Gasteiger charge is 2.23. The highest BCUT2D eigenvalue weighted by atomic mass is 32.2. The fraction of sp³-hybridized carbons (Fsp3) is 0.476. The molecule has 0 aliphatic heterocycles. The van der Waals surface area contributed by atoms with E-state index in [1.165, 1.54) is 12.8 Å². The molecule has 0 saturated heterocycles. The average Bonchev–Trinajstić information content (AvgIpc) is 3.43. The van der Waals surface area contributed by atoms with Crippen molar-refractivity contribution in [2.45, 2.75) is 56.3 Å². The van der Waals surface area contributed by atoms with Gasteiger partial charge in [0.2, 0.25) is 5.91 Å². The Balaban J connectivity index is 1.35. The van der Waals surface area contributed by atoms with Gasteiger partial charge in [-0.2, -0.15) is 0 Å². The van der Waals surface area contributed by atoms with Crippen LogP contribution >= 0.6 is 11.8 Å². The highest BCUT2D eigenvalue weighted by Crippen LogP contribution is 2.33. The molecule has 1 aliphatic carbocycles. The number of nitrogens with zero attached hydrogens (tertiary/aromatic N) is 4. The van der Waals surface area contributed by atoms with Gasteiger partial charge in [0.1, 0.15) is 12.4 Å². The van der Waals surface area contributed by atoms with Crippen LogP contribution in [0.5, 0.6) is 0 Å². The number of carbonyl (C=O) groups excluding carboxylic acids is 1. The number of para-hydroxylation sites is 1. The van der Waals surface area contributed by atoms with E-state index in [-0.39, 0.29) is 12.5 Å². The average molecular weight is 443 g/mol. The fourth-order valence-corrected chi connectivity index (χ4v) is 4.74. The van der Waals surface area contributed by atoms with Crippen LogP contribution < -0.4 is 16.6 Å². The molecule has 2 aromatic heterocycles. The van der Waals surface area contributed by atoms with Gasteiger partial charge in [-0.25, -0.2) is 4.79 Å². The zero-order valence-electron chi connectivity index (χ0n) is 17.5. The summed E-state index contributed by atoms with van der Waals surface area (Å²) in [5.41, 5.74) is -0.595. The molecule has 10 heteroatoms. The summed E-state index contributed by atoms with van der Waals surface area (Å²) in [4.78, 5) is 39.7. The van der Waals surface area contributed by atoms with E-state index in [0.29, 0.717) is 36.3 Å². The van der Waals surface area contributed by atoms with E-state index in [1.807, 2.05) is 6.26 Å². The van der Waals surface area contributed by atoms with E-state index in [4.69, 9.17) is 0 Å². The topological polar surface area (TPSA) is 115 Å². The Bertz CT molecular complexity index is 1190. The van der Waals surface area contributed by atoms with Crippen molar-refractivity contribution in [3.8, 4) is 0 Å². The summed E-state index contributed by atoms with van der Waals surface area (Å²) in [6.45, 7) is 0.124. The van der Waals surface area contributed by atoms with Crippen molar-refractivity contribution in [2.75, 3.05) is 12.8 Å². The first-order valence-electron chi connectivity index (χ1n) is 10.5. The van der Waals surface area contributed by atoms with Gasteiger partial charge in [-0.1, -0.05) is 36.7 Å². The Morgan fingerprint density at radius 3 is 2.77 bits per heavy atom. The summed E-state index contributed by atoms with van der Waals surface area (Å²) in [6.07, 6.45) is 8.21. The van der Waals surface area contributed by atoms with Gasteiger partial charge in [-0.3, -0.25) is 14.2 Å². The Morgan fingerprint density at radius 2 is 2.00 bits per heavy atom. The van der Waals surface area contributed by atoms with Crippen molar-refractivity contribution >= 4 is 28.6 Å². The number of amides is 1. The first kappa shape index (κ1) is 21.4. The molecule has 0 bridgehead atoms. The third-order valence-corrected chi connectivity index (χ3v) is 6.34. The summed E-state index contributed by atoms with van der Waals surface area (Å²) in [5, 5.41) is 12.8. The smallest absolute Gasteiger partial charge is 0.329 e. The number of hydrogen-bond donors (Lipinski definition) is 2. The molecule has 0 spiro atoms. The summed E-state index contributed by atoms with van der Waals surface area (Å²) in [6, 6.07) is 7.22. The van der Waals surface area contributed by atoms with Crippen molar-refractivity contribution in [3.63, 3.8) is 0 Å². The Hall–Kier alpha value is -2.88. The number of rotatable bonds is 8. The number of hydrogen-bond acceptors (Lipinski definition) is 6. The maximum Gasteiger partial charge on any atom is 0.329 e. The first-order valence-corrected chi connectivity index (χ1v) is 11.8. The predicted molar refractivity (Wildman–Crippen MR) is 119 cm³/mol. The van der Waals surface area contributed by atoms with Crippen LogP contribution in [0.2, 0.25) is 0 Å². The minimum absolute atomic E-state index is 0.312. The highest BCUT2D eigenvalue weighted by molar-refractivity contribution is 7.98. The van der Waals surface area contributed by atoms with Crippen molar-refractivity contribution in [1.82, 2.24) is 29.6 Å². The van der Waals surface area contributed by atoms with Crippen LogP contribution in [0.25, 0.3) is 10.9 Å². The molecule has 1 aromatic carbocycles. The van der Waals surface area contributed by atoms with Crippen LogP contribution in [-0.2, 0) is 17.8 Å². The van der Waals surface area contributed by atoms with Crippen LogP contribution in [0.1, 0.15) is 44.0 Å². The van der Waals surface area contributed by atoms with Gasteiger partial charge < -0.3 is 14.9 Å². The normalized spacial score (nSPS) is 14.4. The third-order valence-electron chi connectivity index (χ3n) is 5.70. The number of thioether (sulfide) groups is 1. The Kier molecular flexibility index (Phi) is 6.55. The van der Waals surface area contributed by atoms with E-state index in [2.05, 4.69) is 25.1 Å². The largest absolute Gasteiger partial charge is 0.355 e. The van der Waals surface area contributed by atoms with E-state index < -0.39 is 11.2 Å². The maximum atomic E-state index is 12.5. The lowest BCUT2D eigenvalue weighted by molar-refractivity contribution is -0.121. The number of carbonyl (C=O) groups is 1. The van der Waals surface area contributed by atoms with E-state index >= 15 is 0 Å². The molecule has 4 rings (SSSR count). The second-order valence-electron chi connectivity index (χ2n) is 7.73. The van der Waals surface area contributed by atoms with Gasteiger partial charge in [-0.15, -0.1) is 10.2 Å². The van der Waals surface area contributed by atoms with Crippen molar-refractivity contribution in [1.29, 1.82) is 0 Å². The lowest BCUT2D eigenvalue weighted by Gasteiger charge is -2.16. The lowest BCUT2D eigenvalue weighted by atomic mass is 10.2. The SMILES string of the molecule is CSc1nnc(CCCNC(=O)Cn2c(=O)[nH]c3ccccc3c2=O)n1C1CCCC1. The number of aromatic amines is 1. The van der Waals surface area contributed by atoms with E-state index in [1.54, 1.807) is 36.0 Å². The van der Waals surface area contributed by atoms with Gasteiger partial charge in [0.15, 0.2) is 5.16 Å². The van der Waals surface area contributed by atoms with Crippen LogP contribution in [0.15, 0.2) is 39.0 Å². The number of aryl methyl sites for hydroxylation is 1. The maximum absolute atomic E-state index is 12.5. The fourth-order valence-electron chi connectivity index (χ4n) is 4.16. The molecule has 0 atom stereocenters. The molecule has 2 N–H and O–H groups in total. The Morgan fingerprint density at radius 1 is 1.23 bits per heavy atom. The summed E-state index contributed by atoms with van der Waals surface area (Å²) in [5.74, 6) is 0.581. The molecule has 164 valence electrons. The van der Waals surface area contributed by atoms with E-state index in [9.17, 15) is 14.4 Å². The third kappa shape index (κ3) is 4.58. The molecule has 1 aliphatic rings. The quantitative estimate of drug-likeness (QED) is 0.407. The van der Waals surface area contributed by atoms with Gasteiger partial charge in [0.05, 0.1) is 10.9 Å². The zero-order valence-corrected chi connectivity index (χ0v) is 18.3. The van der Waals surface area contributed by atoms with Gasteiger partial charge >= 0.3 is 5.69 Å². The van der Waals surface area contributed by atoms with Gasteiger partial charge in [0, 0.05) is 19.0 Å². The number of nitrogens with one attached hydrogen (secondary N) is 2. The minimum atomic E-state index is -0.590. The molecule has 1 fully saturated rings. The van der Waals surface area contributed by atoms with Crippen LogP contribution in [0, 0.1) is 0 Å². The van der Waals surface area contributed by atoms with Crippen molar-refractivity contribution in [3.05, 3.63) is 50.9 Å². The van der Waals surface area contributed by atoms with Crippen molar-refractivity contribution in [2.24, 2.45) is 0 Å². The van der Waals surface area contributed by atoms with Gasteiger partial charge in [-0.05, 0) is 37.7 Å². The zero-order chi connectivity index (χ0) is 21.8. The van der Waals surface area contributed by atoms with E-state index in [0.717, 1.165) is 28.4 Å². The molecular formula is C21H26N6O3S. The number of H-pyrrole nitrogens is 1. The molecule has 1 amide bonds. The molecule has 3 aromatic rings. The molecule has 0 unspecified atom stereocenters. The molecular weight excluding hydrogens is 416 g/mol.